The third kappa shape index (κ3) is 4.21. The zero-order valence-electron chi connectivity index (χ0n) is 26.0. The summed E-state index contributed by atoms with van der Waals surface area (Å²) in [6, 6.07) is 18.4. The van der Waals surface area contributed by atoms with Gasteiger partial charge in [-0.3, -0.25) is 14.6 Å². The molecule has 8 N–H and O–H groups in total. The molecule has 2 aliphatic heterocycles. The van der Waals surface area contributed by atoms with Crippen LogP contribution in [-0.4, -0.2) is 93.0 Å². The summed E-state index contributed by atoms with van der Waals surface area (Å²) in [6.07, 6.45) is -6.12. The van der Waals surface area contributed by atoms with Crippen LogP contribution in [0.1, 0.15) is 32.5 Å². The highest BCUT2D eigenvalue weighted by Gasteiger charge is 2.47. The Balaban J connectivity index is 1.30. The standard InChI is InChI=1S/C36H29N5O9/c42-14-24-31(45)32(46)33(47)36(50-24)40-23-11-18(44)6-8-20(23)26-28-27(25-19-7-5-17(43)10-22(19)39-29(25)30(26)40)34(48)41(35(28)49)38-13-15-9-16-3-1-2-4-21(16)37-12-15/h1-12,24,31-33,36,38-39,42-47H,13-14H2. The van der Waals surface area contributed by atoms with E-state index in [1.54, 1.807) is 18.3 Å². The number of imide groups is 1. The lowest BCUT2D eigenvalue weighted by molar-refractivity contribution is -0.249. The molecule has 2 amide bonds. The maximum absolute atomic E-state index is 14.5. The number of fused-ring (bicyclic) bond motifs is 11. The van der Waals surface area contributed by atoms with Gasteiger partial charge in [0.05, 0.1) is 45.3 Å². The Morgan fingerprint density at radius 3 is 2.34 bits per heavy atom. The number of pyridine rings is 1. The number of aromatic hydroxyl groups is 2. The number of aliphatic hydroxyl groups is 4. The average molecular weight is 676 g/mol. The van der Waals surface area contributed by atoms with E-state index in [-0.39, 0.29) is 40.2 Å². The van der Waals surface area contributed by atoms with E-state index in [1.165, 1.54) is 28.8 Å². The Labute approximate surface area is 280 Å². The lowest BCUT2D eigenvalue weighted by Gasteiger charge is -2.41. The molecule has 0 saturated carbocycles. The molecule has 1 fully saturated rings. The minimum Gasteiger partial charge on any atom is -0.508 e. The molecular formula is C36H29N5O9. The topological polar surface area (TPSA) is 214 Å². The summed E-state index contributed by atoms with van der Waals surface area (Å²) >= 11 is 0. The number of phenolic OH excluding ortho intramolecular Hbond substituents is 2. The number of phenols is 2. The first-order valence-corrected chi connectivity index (χ1v) is 15.9. The third-order valence-corrected chi connectivity index (χ3v) is 9.80. The van der Waals surface area contributed by atoms with Crippen molar-refractivity contribution in [3.8, 4) is 11.5 Å². The van der Waals surface area contributed by atoms with Crippen LogP contribution in [0.5, 0.6) is 11.5 Å². The van der Waals surface area contributed by atoms with Crippen LogP contribution in [0.2, 0.25) is 0 Å². The van der Waals surface area contributed by atoms with Gasteiger partial charge in [0.2, 0.25) is 0 Å². The summed E-state index contributed by atoms with van der Waals surface area (Å²) < 4.78 is 7.50. The Bertz CT molecular complexity index is 2580. The fourth-order valence-corrected chi connectivity index (χ4v) is 7.50. The van der Waals surface area contributed by atoms with Crippen molar-refractivity contribution < 1.29 is 45.0 Å². The van der Waals surface area contributed by atoms with Crippen molar-refractivity contribution in [2.24, 2.45) is 0 Å². The largest absolute Gasteiger partial charge is 0.508 e. The van der Waals surface area contributed by atoms with Crippen molar-refractivity contribution in [3.05, 3.63) is 89.6 Å². The second kappa shape index (κ2) is 10.9. The van der Waals surface area contributed by atoms with E-state index in [4.69, 9.17) is 4.74 Å². The number of ether oxygens (including phenoxy) is 1. The maximum Gasteiger partial charge on any atom is 0.276 e. The number of aromatic amines is 1. The number of hydrogen-bond acceptors (Lipinski definition) is 11. The second-order valence-electron chi connectivity index (χ2n) is 12.7. The Morgan fingerprint density at radius 2 is 1.56 bits per heavy atom. The van der Waals surface area contributed by atoms with Crippen LogP contribution >= 0.6 is 0 Å². The summed E-state index contributed by atoms with van der Waals surface area (Å²) in [7, 11) is 0. The number of rotatable bonds is 5. The second-order valence-corrected chi connectivity index (χ2v) is 12.7. The first-order chi connectivity index (χ1) is 24.2. The van der Waals surface area contributed by atoms with Crippen molar-refractivity contribution in [2.75, 3.05) is 6.61 Å². The zero-order chi connectivity index (χ0) is 34.6. The van der Waals surface area contributed by atoms with Crippen molar-refractivity contribution >= 4 is 66.3 Å². The van der Waals surface area contributed by atoms with Gasteiger partial charge < -0.3 is 44.9 Å². The summed E-state index contributed by atoms with van der Waals surface area (Å²) in [6.45, 7) is -0.585. The molecule has 2 aliphatic rings. The summed E-state index contributed by atoms with van der Waals surface area (Å²) in [4.78, 5) is 36.6. The van der Waals surface area contributed by atoms with E-state index in [0.717, 1.165) is 21.5 Å². The number of aromatic nitrogens is 3. The Kier molecular flexibility index (Phi) is 6.67. The smallest absolute Gasteiger partial charge is 0.276 e. The molecule has 0 radical (unpaired) electrons. The molecule has 0 aliphatic carbocycles. The van der Waals surface area contributed by atoms with E-state index in [0.29, 0.717) is 32.6 Å². The number of para-hydroxylation sites is 1. The lowest BCUT2D eigenvalue weighted by Crippen LogP contribution is -2.56. The van der Waals surface area contributed by atoms with Crippen LogP contribution in [0, 0.1) is 0 Å². The molecule has 1 saturated heterocycles. The van der Waals surface area contributed by atoms with Gasteiger partial charge in [-0.25, -0.2) is 10.4 Å². The van der Waals surface area contributed by atoms with Gasteiger partial charge in [-0.1, -0.05) is 18.2 Å². The highest BCUT2D eigenvalue weighted by molar-refractivity contribution is 6.39. The fourth-order valence-electron chi connectivity index (χ4n) is 7.50. The van der Waals surface area contributed by atoms with Crippen LogP contribution in [0.3, 0.4) is 0 Å². The number of H-pyrrole nitrogens is 1. The number of amides is 2. The molecule has 0 spiro atoms. The molecule has 5 unspecified atom stereocenters. The Morgan fingerprint density at radius 1 is 0.840 bits per heavy atom. The van der Waals surface area contributed by atoms with Crippen molar-refractivity contribution in [1.82, 2.24) is 25.0 Å². The molecule has 0 bridgehead atoms. The van der Waals surface area contributed by atoms with Gasteiger partial charge in [0.15, 0.2) is 6.23 Å². The van der Waals surface area contributed by atoms with E-state index in [9.17, 15) is 40.2 Å². The number of nitrogens with zero attached hydrogens (tertiary/aromatic N) is 3. The quantitative estimate of drug-likeness (QED) is 0.124. The highest BCUT2D eigenvalue weighted by atomic mass is 16.6. The fraction of sp³-hybridized carbons (Fsp3) is 0.194. The minimum atomic E-state index is -1.73. The van der Waals surface area contributed by atoms with E-state index in [2.05, 4.69) is 15.4 Å². The predicted molar refractivity (Wildman–Crippen MR) is 180 cm³/mol. The van der Waals surface area contributed by atoms with E-state index in [1.807, 2.05) is 30.3 Å². The van der Waals surface area contributed by atoms with Crippen molar-refractivity contribution in [1.29, 1.82) is 0 Å². The van der Waals surface area contributed by atoms with Crippen LogP contribution in [-0.2, 0) is 11.3 Å². The summed E-state index contributed by atoms with van der Waals surface area (Å²) in [5.41, 5.74) is 6.00. The molecule has 5 heterocycles. The number of carbonyl (C=O) groups excluding carboxylic acids is 2. The van der Waals surface area contributed by atoms with Gasteiger partial charge in [0, 0.05) is 51.8 Å². The summed E-state index contributed by atoms with van der Waals surface area (Å²) in [5, 5.41) is 67.1. The van der Waals surface area contributed by atoms with Crippen LogP contribution in [0.15, 0.2) is 72.9 Å². The van der Waals surface area contributed by atoms with E-state index < -0.39 is 49.1 Å². The molecule has 7 aromatic rings. The van der Waals surface area contributed by atoms with Gasteiger partial charge >= 0.3 is 0 Å². The van der Waals surface area contributed by atoms with Crippen molar-refractivity contribution in [3.63, 3.8) is 0 Å². The van der Waals surface area contributed by atoms with Crippen LogP contribution in [0.4, 0.5) is 0 Å². The Hall–Kier alpha value is -5.61. The van der Waals surface area contributed by atoms with Gasteiger partial charge in [-0.2, -0.15) is 0 Å². The van der Waals surface area contributed by atoms with Gasteiger partial charge in [0.25, 0.3) is 11.8 Å². The molecule has 50 heavy (non-hydrogen) atoms. The van der Waals surface area contributed by atoms with Gasteiger partial charge in [-0.05, 0) is 42.0 Å². The molecule has 9 rings (SSSR count). The first kappa shape index (κ1) is 30.4. The number of hydrogen-bond donors (Lipinski definition) is 8. The molecule has 4 aromatic carbocycles. The maximum atomic E-state index is 14.5. The summed E-state index contributed by atoms with van der Waals surface area (Å²) in [5.74, 6) is -1.48. The SMILES string of the molecule is O=C1c2c(c3c4ccc(O)cc4n(C4OC(CO)C(O)C(O)C4O)c3c3[nH]c4cc(O)ccc4c23)C(=O)N1NCc1cnc2ccccc2c1. The molecule has 5 atom stereocenters. The molecule has 252 valence electrons. The molecule has 14 heteroatoms. The predicted octanol–water partition coefficient (Wildman–Crippen LogP) is 2.66. The molecule has 3 aromatic heterocycles. The first-order valence-electron chi connectivity index (χ1n) is 15.9. The molecule has 14 nitrogen and oxygen atoms in total. The van der Waals surface area contributed by atoms with Gasteiger partial charge in [0.1, 0.15) is 35.9 Å². The van der Waals surface area contributed by atoms with Crippen LogP contribution in [0.25, 0.3) is 54.5 Å². The lowest BCUT2D eigenvalue weighted by atomic mass is 9.96. The van der Waals surface area contributed by atoms with Gasteiger partial charge in [-0.15, -0.1) is 0 Å². The number of nitrogens with one attached hydrogen (secondary N) is 2. The number of benzene rings is 4. The number of carbonyl (C=O) groups is 2. The zero-order valence-corrected chi connectivity index (χ0v) is 26.0. The number of aliphatic hydroxyl groups excluding tert-OH is 4. The monoisotopic (exact) mass is 675 g/mol. The molecular weight excluding hydrogens is 646 g/mol. The minimum absolute atomic E-state index is 0.0500. The van der Waals surface area contributed by atoms with Crippen molar-refractivity contribution in [2.45, 2.75) is 37.2 Å². The van der Waals surface area contributed by atoms with Crippen LogP contribution < -0.4 is 5.43 Å². The highest BCUT2D eigenvalue weighted by Crippen LogP contribution is 2.48. The van der Waals surface area contributed by atoms with E-state index >= 15 is 0 Å². The number of hydrazine groups is 1. The normalized spacial score (nSPS) is 22.6. The average Bonchev–Trinajstić information content (AvgIpc) is 3.72. The third-order valence-electron chi connectivity index (χ3n) is 9.80.